The SMILES string of the molecule is Cc1ccc(S(=O)(=O)Oc2ccc(C(=O)COC(=O)CCC(=O)Nc3ccc(Cl)c(Cl)c3)cc2)cc1. The van der Waals surface area contributed by atoms with E-state index in [2.05, 4.69) is 5.32 Å². The molecule has 0 radical (unpaired) electrons. The van der Waals surface area contributed by atoms with Crippen LogP contribution in [-0.2, 0) is 24.4 Å². The van der Waals surface area contributed by atoms with Gasteiger partial charge in [-0.2, -0.15) is 8.42 Å². The molecule has 0 atom stereocenters. The van der Waals surface area contributed by atoms with Crippen molar-refractivity contribution < 1.29 is 31.7 Å². The van der Waals surface area contributed by atoms with Gasteiger partial charge in [0, 0.05) is 17.7 Å². The number of ether oxygens (including phenoxy) is 1. The minimum absolute atomic E-state index is 0.00538. The van der Waals surface area contributed by atoms with Crippen molar-refractivity contribution in [2.45, 2.75) is 24.7 Å². The summed E-state index contributed by atoms with van der Waals surface area (Å²) in [6.07, 6.45) is -0.390. The molecule has 0 spiro atoms. The summed E-state index contributed by atoms with van der Waals surface area (Å²) >= 11 is 11.7. The summed E-state index contributed by atoms with van der Waals surface area (Å²) in [5.41, 5.74) is 1.53. The van der Waals surface area contributed by atoms with Crippen LogP contribution < -0.4 is 9.50 Å². The lowest BCUT2D eigenvalue weighted by Crippen LogP contribution is -2.17. The summed E-state index contributed by atoms with van der Waals surface area (Å²) in [5.74, 6) is -1.64. The Morgan fingerprint density at radius 3 is 2.17 bits per heavy atom. The van der Waals surface area contributed by atoms with E-state index in [-0.39, 0.29) is 34.1 Å². The van der Waals surface area contributed by atoms with Crippen molar-refractivity contribution in [3.63, 3.8) is 0 Å². The molecule has 1 amide bonds. The van der Waals surface area contributed by atoms with Crippen LogP contribution in [0, 0.1) is 6.92 Å². The van der Waals surface area contributed by atoms with E-state index in [9.17, 15) is 22.8 Å². The number of hydrogen-bond acceptors (Lipinski definition) is 7. The fourth-order valence-corrected chi connectivity index (χ4v) is 4.12. The number of halogens is 2. The largest absolute Gasteiger partial charge is 0.457 e. The molecule has 0 bridgehead atoms. The highest BCUT2D eigenvalue weighted by Crippen LogP contribution is 2.25. The Morgan fingerprint density at radius 1 is 0.861 bits per heavy atom. The summed E-state index contributed by atoms with van der Waals surface area (Å²) < 4.78 is 34.8. The number of Topliss-reactive ketones (excluding diaryl/α,β-unsaturated/α-hetero) is 1. The molecule has 0 unspecified atom stereocenters. The second kappa shape index (κ2) is 12.0. The summed E-state index contributed by atoms with van der Waals surface area (Å²) in [6.45, 7) is 1.30. The van der Waals surface area contributed by atoms with Gasteiger partial charge in [0.25, 0.3) is 0 Å². The van der Waals surface area contributed by atoms with E-state index in [1.807, 2.05) is 6.92 Å². The average molecular weight is 550 g/mol. The molecule has 0 saturated carbocycles. The molecule has 3 aromatic rings. The van der Waals surface area contributed by atoms with E-state index in [0.717, 1.165) is 5.56 Å². The molecule has 1 N–H and O–H groups in total. The molecule has 188 valence electrons. The summed E-state index contributed by atoms with van der Waals surface area (Å²) in [7, 11) is -4.02. The Balaban J connectivity index is 1.45. The number of anilines is 1. The minimum Gasteiger partial charge on any atom is -0.457 e. The molecule has 0 aliphatic rings. The van der Waals surface area contributed by atoms with Crippen LogP contribution in [0.5, 0.6) is 5.75 Å². The van der Waals surface area contributed by atoms with Crippen molar-refractivity contribution in [2.24, 2.45) is 0 Å². The molecular weight excluding hydrogens is 529 g/mol. The predicted octanol–water partition coefficient (Wildman–Crippen LogP) is 5.21. The molecule has 36 heavy (non-hydrogen) atoms. The maximum absolute atomic E-state index is 12.4. The Hall–Kier alpha value is -3.40. The van der Waals surface area contributed by atoms with E-state index in [0.29, 0.717) is 10.7 Å². The number of rotatable bonds is 10. The molecule has 0 saturated heterocycles. The van der Waals surface area contributed by atoms with Gasteiger partial charge in [-0.15, -0.1) is 0 Å². The number of aryl methyl sites for hydroxylation is 1. The first-order chi connectivity index (χ1) is 17.0. The molecule has 0 heterocycles. The van der Waals surface area contributed by atoms with Crippen LogP contribution in [0.25, 0.3) is 0 Å². The smallest absolute Gasteiger partial charge is 0.339 e. The van der Waals surface area contributed by atoms with Crippen molar-refractivity contribution >= 4 is 56.7 Å². The number of benzene rings is 3. The highest BCUT2D eigenvalue weighted by Gasteiger charge is 2.17. The van der Waals surface area contributed by atoms with Gasteiger partial charge >= 0.3 is 16.1 Å². The first-order valence-electron chi connectivity index (χ1n) is 10.6. The molecule has 0 aromatic heterocycles. The van der Waals surface area contributed by atoms with Crippen molar-refractivity contribution in [1.82, 2.24) is 0 Å². The monoisotopic (exact) mass is 549 g/mol. The van der Waals surface area contributed by atoms with Gasteiger partial charge in [0.2, 0.25) is 5.91 Å². The maximum Gasteiger partial charge on any atom is 0.339 e. The number of carbonyl (C=O) groups is 3. The molecule has 11 heteroatoms. The topological polar surface area (TPSA) is 116 Å². The summed E-state index contributed by atoms with van der Waals surface area (Å²) in [6, 6.07) is 16.1. The lowest BCUT2D eigenvalue weighted by molar-refractivity contribution is -0.143. The van der Waals surface area contributed by atoms with Crippen molar-refractivity contribution in [1.29, 1.82) is 0 Å². The van der Waals surface area contributed by atoms with Gasteiger partial charge < -0.3 is 14.2 Å². The third-order valence-corrected chi connectivity index (χ3v) is 6.82. The van der Waals surface area contributed by atoms with Gasteiger partial charge in [-0.05, 0) is 61.5 Å². The lowest BCUT2D eigenvalue weighted by atomic mass is 10.1. The predicted molar refractivity (Wildman–Crippen MR) is 135 cm³/mol. The van der Waals surface area contributed by atoms with Crippen LogP contribution >= 0.6 is 23.2 Å². The van der Waals surface area contributed by atoms with E-state index in [4.69, 9.17) is 32.1 Å². The van der Waals surface area contributed by atoms with Gasteiger partial charge in [0.05, 0.1) is 16.5 Å². The van der Waals surface area contributed by atoms with Crippen molar-refractivity contribution in [2.75, 3.05) is 11.9 Å². The zero-order chi connectivity index (χ0) is 26.3. The zero-order valence-corrected chi connectivity index (χ0v) is 21.3. The van der Waals surface area contributed by atoms with Gasteiger partial charge in [-0.3, -0.25) is 14.4 Å². The quantitative estimate of drug-likeness (QED) is 0.209. The average Bonchev–Trinajstić information content (AvgIpc) is 2.84. The number of ketones is 1. The number of carbonyl (C=O) groups excluding carboxylic acids is 3. The summed E-state index contributed by atoms with van der Waals surface area (Å²) in [4.78, 5) is 36.2. The molecule has 3 rings (SSSR count). The molecule has 8 nitrogen and oxygen atoms in total. The number of hydrogen-bond donors (Lipinski definition) is 1. The maximum atomic E-state index is 12.4. The highest BCUT2D eigenvalue weighted by molar-refractivity contribution is 7.87. The van der Waals surface area contributed by atoms with Crippen LogP contribution in [0.2, 0.25) is 10.0 Å². The van der Waals surface area contributed by atoms with Crippen LogP contribution in [0.3, 0.4) is 0 Å². The van der Waals surface area contributed by atoms with E-state index in [1.54, 1.807) is 18.2 Å². The fourth-order valence-electron chi connectivity index (χ4n) is 2.89. The van der Waals surface area contributed by atoms with Gasteiger partial charge in [0.1, 0.15) is 10.6 Å². The van der Waals surface area contributed by atoms with E-state index in [1.165, 1.54) is 48.5 Å². The van der Waals surface area contributed by atoms with Crippen LogP contribution in [0.4, 0.5) is 5.69 Å². The lowest BCUT2D eigenvalue weighted by Gasteiger charge is -2.08. The minimum atomic E-state index is -4.02. The van der Waals surface area contributed by atoms with Crippen LogP contribution in [0.15, 0.2) is 71.6 Å². The molecule has 0 aliphatic heterocycles. The first kappa shape index (κ1) is 27.2. The first-order valence-corrected chi connectivity index (χ1v) is 12.7. The fraction of sp³-hybridized carbons (Fsp3) is 0.160. The Bertz CT molecular complexity index is 1370. The normalized spacial score (nSPS) is 11.0. The number of nitrogens with one attached hydrogen (secondary N) is 1. The third kappa shape index (κ3) is 7.81. The van der Waals surface area contributed by atoms with Gasteiger partial charge in [-0.1, -0.05) is 40.9 Å². The number of amides is 1. The number of esters is 1. The molecule has 3 aromatic carbocycles. The van der Waals surface area contributed by atoms with Crippen LogP contribution in [-0.4, -0.2) is 32.7 Å². The van der Waals surface area contributed by atoms with Crippen LogP contribution in [0.1, 0.15) is 28.8 Å². The Morgan fingerprint density at radius 2 is 1.53 bits per heavy atom. The second-order valence-corrected chi connectivity index (χ2v) is 10.00. The zero-order valence-electron chi connectivity index (χ0n) is 19.0. The second-order valence-electron chi connectivity index (χ2n) is 7.64. The molecule has 0 fully saturated rings. The van der Waals surface area contributed by atoms with Crippen molar-refractivity contribution in [3.05, 3.63) is 87.9 Å². The van der Waals surface area contributed by atoms with E-state index >= 15 is 0 Å². The molecular formula is C25H21Cl2NO7S. The van der Waals surface area contributed by atoms with E-state index < -0.39 is 34.4 Å². The highest BCUT2D eigenvalue weighted by atomic mass is 35.5. The van der Waals surface area contributed by atoms with Gasteiger partial charge in [0.15, 0.2) is 12.4 Å². The molecule has 0 aliphatic carbocycles. The van der Waals surface area contributed by atoms with Gasteiger partial charge in [-0.25, -0.2) is 0 Å². The Labute approximate surface area is 218 Å². The van der Waals surface area contributed by atoms with Crippen molar-refractivity contribution in [3.8, 4) is 5.75 Å². The Kier molecular flexibility index (Phi) is 9.08. The third-order valence-electron chi connectivity index (χ3n) is 4.82. The standard InChI is InChI=1S/C25H21Cl2NO7S/c1-16-2-9-20(10-3-16)36(32,33)35-19-7-4-17(5-8-19)23(29)15-34-25(31)13-12-24(30)28-18-6-11-21(26)22(27)14-18/h2-11,14H,12-13,15H2,1H3,(H,28,30). The summed E-state index contributed by atoms with van der Waals surface area (Å²) in [5, 5.41) is 3.20.